The monoisotopic (exact) mass is 292 g/mol. The van der Waals surface area contributed by atoms with Gasteiger partial charge in [-0.25, -0.2) is 0 Å². The largest absolute Gasteiger partial charge is 0.383 e. The highest BCUT2D eigenvalue weighted by Crippen LogP contribution is 2.16. The van der Waals surface area contributed by atoms with E-state index in [2.05, 4.69) is 10.3 Å². The number of halogens is 1. The van der Waals surface area contributed by atoms with Crippen molar-refractivity contribution in [3.63, 3.8) is 0 Å². The third kappa shape index (κ3) is 3.46. The molecule has 0 radical (unpaired) electrons. The first-order valence-electron chi connectivity index (χ1n) is 6.45. The van der Waals surface area contributed by atoms with Gasteiger partial charge in [-0.15, -0.1) is 11.6 Å². The molecule has 106 valence electrons. The predicted molar refractivity (Wildman–Crippen MR) is 80.2 cm³/mol. The number of fused-ring (bicyclic) bond motifs is 1. The molecular formula is C15H17ClN2O2. The molecule has 0 fully saturated rings. The van der Waals surface area contributed by atoms with Gasteiger partial charge in [-0.2, -0.15) is 0 Å². The number of nitrogens with zero attached hydrogens (tertiary/aromatic N) is 1. The van der Waals surface area contributed by atoms with Crippen LogP contribution in [0.2, 0.25) is 0 Å². The lowest BCUT2D eigenvalue weighted by molar-refractivity contribution is 0.0892. The molecule has 20 heavy (non-hydrogen) atoms. The summed E-state index contributed by atoms with van der Waals surface area (Å²) in [7, 11) is 1.60. The van der Waals surface area contributed by atoms with Crippen molar-refractivity contribution in [1.29, 1.82) is 0 Å². The summed E-state index contributed by atoms with van der Waals surface area (Å²) >= 11 is 5.73. The normalized spacial score (nSPS) is 12.3. The number of carbonyl (C=O) groups is 1. The number of methoxy groups -OCH3 is 1. The topological polar surface area (TPSA) is 51.2 Å². The Morgan fingerprint density at radius 2 is 2.20 bits per heavy atom. The van der Waals surface area contributed by atoms with E-state index in [4.69, 9.17) is 16.3 Å². The SMILES string of the molecule is COCC(CCCl)NC(=O)c1nccc2ccccc12. The van der Waals surface area contributed by atoms with E-state index >= 15 is 0 Å². The standard InChI is InChI=1S/C15H17ClN2O2/c1-20-10-12(6-8-16)18-15(19)14-13-5-3-2-4-11(13)7-9-17-14/h2-5,7,9,12H,6,8,10H2,1H3,(H,18,19). The lowest BCUT2D eigenvalue weighted by Gasteiger charge is -2.17. The van der Waals surface area contributed by atoms with Crippen molar-refractivity contribution in [2.45, 2.75) is 12.5 Å². The minimum absolute atomic E-state index is 0.106. The highest BCUT2D eigenvalue weighted by molar-refractivity contribution is 6.17. The molecule has 1 unspecified atom stereocenters. The maximum atomic E-state index is 12.3. The van der Waals surface area contributed by atoms with Crippen LogP contribution in [0.5, 0.6) is 0 Å². The fourth-order valence-electron chi connectivity index (χ4n) is 2.08. The van der Waals surface area contributed by atoms with Crippen molar-refractivity contribution in [2.75, 3.05) is 19.6 Å². The van der Waals surface area contributed by atoms with Crippen LogP contribution >= 0.6 is 11.6 Å². The van der Waals surface area contributed by atoms with Gasteiger partial charge in [-0.3, -0.25) is 9.78 Å². The van der Waals surface area contributed by atoms with Crippen LogP contribution in [0.4, 0.5) is 0 Å². The fourth-order valence-corrected chi connectivity index (χ4v) is 2.35. The van der Waals surface area contributed by atoms with Crippen molar-refractivity contribution in [3.8, 4) is 0 Å². The van der Waals surface area contributed by atoms with Gasteiger partial charge in [0.2, 0.25) is 0 Å². The molecule has 0 aliphatic carbocycles. The minimum Gasteiger partial charge on any atom is -0.383 e. The van der Waals surface area contributed by atoms with Crippen LogP contribution in [-0.2, 0) is 4.74 Å². The molecular weight excluding hydrogens is 276 g/mol. The third-order valence-corrected chi connectivity index (χ3v) is 3.27. The Balaban J connectivity index is 2.22. The molecule has 2 aromatic rings. The number of aromatic nitrogens is 1. The van der Waals surface area contributed by atoms with E-state index in [1.54, 1.807) is 13.3 Å². The predicted octanol–water partition coefficient (Wildman–Crippen LogP) is 2.61. The number of alkyl halides is 1. The second kappa shape index (κ2) is 7.22. The van der Waals surface area contributed by atoms with Crippen LogP contribution in [0.1, 0.15) is 16.9 Å². The average molecular weight is 293 g/mol. The third-order valence-electron chi connectivity index (χ3n) is 3.05. The van der Waals surface area contributed by atoms with Crippen LogP contribution in [0, 0.1) is 0 Å². The summed E-state index contributed by atoms with van der Waals surface area (Å²) in [5.74, 6) is 0.269. The Bertz CT molecular complexity index is 578. The first kappa shape index (κ1) is 14.8. The molecule has 1 N–H and O–H groups in total. The number of carbonyl (C=O) groups excluding carboxylic acids is 1. The maximum Gasteiger partial charge on any atom is 0.270 e. The molecule has 0 bridgehead atoms. The van der Waals surface area contributed by atoms with Gasteiger partial charge in [-0.1, -0.05) is 24.3 Å². The van der Waals surface area contributed by atoms with Gasteiger partial charge in [0, 0.05) is 24.6 Å². The highest BCUT2D eigenvalue weighted by Gasteiger charge is 2.16. The molecule has 1 atom stereocenters. The zero-order chi connectivity index (χ0) is 14.4. The maximum absolute atomic E-state index is 12.3. The number of hydrogen-bond acceptors (Lipinski definition) is 3. The Morgan fingerprint density at radius 3 is 2.95 bits per heavy atom. The lowest BCUT2D eigenvalue weighted by atomic mass is 10.1. The molecule has 2 rings (SSSR count). The van der Waals surface area contributed by atoms with Crippen LogP contribution in [-0.4, -0.2) is 36.5 Å². The summed E-state index contributed by atoms with van der Waals surface area (Å²) in [6, 6.07) is 9.46. The van der Waals surface area contributed by atoms with Crippen molar-refractivity contribution >= 4 is 28.3 Å². The number of benzene rings is 1. The van der Waals surface area contributed by atoms with Crippen LogP contribution in [0.3, 0.4) is 0 Å². The van der Waals surface area contributed by atoms with Crippen molar-refractivity contribution in [2.24, 2.45) is 0 Å². The summed E-state index contributed by atoms with van der Waals surface area (Å²) in [6.45, 7) is 0.434. The van der Waals surface area contributed by atoms with Crippen molar-refractivity contribution in [3.05, 3.63) is 42.2 Å². The summed E-state index contributed by atoms with van der Waals surface area (Å²) in [4.78, 5) is 16.5. The van der Waals surface area contributed by atoms with E-state index in [-0.39, 0.29) is 11.9 Å². The Hall–Kier alpha value is -1.65. The molecule has 0 aliphatic rings. The molecule has 1 aromatic heterocycles. The summed E-state index contributed by atoms with van der Waals surface area (Å²) in [5, 5.41) is 4.75. The molecule has 0 spiro atoms. The Labute approximate surface area is 123 Å². The van der Waals surface area contributed by atoms with E-state index in [1.807, 2.05) is 30.3 Å². The number of rotatable bonds is 6. The summed E-state index contributed by atoms with van der Waals surface area (Å²) < 4.78 is 5.09. The van der Waals surface area contributed by atoms with Crippen LogP contribution in [0.15, 0.2) is 36.5 Å². The van der Waals surface area contributed by atoms with Gasteiger partial charge >= 0.3 is 0 Å². The van der Waals surface area contributed by atoms with Gasteiger partial charge in [-0.05, 0) is 17.9 Å². The van der Waals surface area contributed by atoms with E-state index in [0.717, 1.165) is 10.8 Å². The average Bonchev–Trinajstić information content (AvgIpc) is 2.47. The number of amides is 1. The smallest absolute Gasteiger partial charge is 0.270 e. The first-order valence-corrected chi connectivity index (χ1v) is 6.99. The summed E-state index contributed by atoms with van der Waals surface area (Å²) in [5.41, 5.74) is 0.429. The number of ether oxygens (including phenoxy) is 1. The lowest BCUT2D eigenvalue weighted by Crippen LogP contribution is -2.38. The van der Waals surface area contributed by atoms with Gasteiger partial charge in [0.15, 0.2) is 0 Å². The second-order valence-electron chi connectivity index (χ2n) is 4.48. The van der Waals surface area contributed by atoms with Crippen LogP contribution in [0.25, 0.3) is 10.8 Å². The van der Waals surface area contributed by atoms with Gasteiger partial charge in [0.25, 0.3) is 5.91 Å². The van der Waals surface area contributed by atoms with Crippen molar-refractivity contribution < 1.29 is 9.53 Å². The highest BCUT2D eigenvalue weighted by atomic mass is 35.5. The van der Waals surface area contributed by atoms with Crippen LogP contribution < -0.4 is 5.32 Å². The molecule has 4 nitrogen and oxygen atoms in total. The first-order chi connectivity index (χ1) is 9.76. The van der Waals surface area contributed by atoms with E-state index in [9.17, 15) is 4.79 Å². The van der Waals surface area contributed by atoms with Gasteiger partial charge in [0.1, 0.15) is 5.69 Å². The van der Waals surface area contributed by atoms with E-state index < -0.39 is 0 Å². The van der Waals surface area contributed by atoms with Crippen molar-refractivity contribution in [1.82, 2.24) is 10.3 Å². The van der Waals surface area contributed by atoms with Gasteiger partial charge in [0.05, 0.1) is 12.6 Å². The molecule has 1 aromatic carbocycles. The Kier molecular flexibility index (Phi) is 5.32. The number of pyridine rings is 1. The van der Waals surface area contributed by atoms with E-state index in [1.165, 1.54) is 0 Å². The fraction of sp³-hybridized carbons (Fsp3) is 0.333. The molecule has 0 aliphatic heterocycles. The quantitative estimate of drug-likeness (QED) is 0.833. The number of hydrogen-bond donors (Lipinski definition) is 1. The zero-order valence-corrected chi connectivity index (χ0v) is 12.1. The number of nitrogens with one attached hydrogen (secondary N) is 1. The minimum atomic E-state index is -0.200. The molecule has 1 heterocycles. The zero-order valence-electron chi connectivity index (χ0n) is 11.3. The second-order valence-corrected chi connectivity index (χ2v) is 4.86. The summed E-state index contributed by atoms with van der Waals surface area (Å²) in [6.07, 6.45) is 2.30. The van der Waals surface area contributed by atoms with Gasteiger partial charge < -0.3 is 10.1 Å². The van der Waals surface area contributed by atoms with E-state index in [0.29, 0.717) is 24.6 Å². The molecule has 5 heteroatoms. The molecule has 0 saturated carbocycles. The Morgan fingerprint density at radius 1 is 1.40 bits per heavy atom. The molecule has 0 saturated heterocycles. The molecule has 1 amide bonds.